The summed E-state index contributed by atoms with van der Waals surface area (Å²) in [6, 6.07) is 12.3. The van der Waals surface area contributed by atoms with Crippen LogP contribution in [0.4, 0.5) is 5.69 Å². The Morgan fingerprint density at radius 3 is 2.62 bits per heavy atom. The molecule has 3 aromatic heterocycles. The SMILES string of the molecule is O=S(=O)(Cc1ccc[n+](C[O-])c1)c1ncc(Cl)cc1NS(=O)(=O)c1cc2ccccc2o1. The lowest BCUT2D eigenvalue weighted by molar-refractivity contribution is -0.815. The summed E-state index contributed by atoms with van der Waals surface area (Å²) in [5, 5.41) is 10.8. The molecule has 0 aliphatic carbocycles. The second-order valence-corrected chi connectivity index (χ2v) is 10.8. The lowest BCUT2D eigenvalue weighted by atomic mass is 10.3. The number of para-hydroxylation sites is 1. The topological polar surface area (TPSA) is 133 Å². The number of sulfone groups is 1. The van der Waals surface area contributed by atoms with E-state index < -0.39 is 37.4 Å². The van der Waals surface area contributed by atoms with E-state index in [2.05, 4.69) is 9.71 Å². The Bertz CT molecular complexity index is 1480. The van der Waals surface area contributed by atoms with Crippen molar-refractivity contribution < 1.29 is 30.9 Å². The first kappa shape index (κ1) is 22.2. The first-order chi connectivity index (χ1) is 15.2. The molecule has 1 aromatic carbocycles. The van der Waals surface area contributed by atoms with Crippen molar-refractivity contribution in [2.45, 2.75) is 22.6 Å². The Morgan fingerprint density at radius 1 is 1.09 bits per heavy atom. The number of halogens is 1. The summed E-state index contributed by atoms with van der Waals surface area (Å²) < 4.78 is 60.8. The highest BCUT2D eigenvalue weighted by atomic mass is 35.5. The number of nitrogens with one attached hydrogen (secondary N) is 1. The van der Waals surface area contributed by atoms with Gasteiger partial charge in [-0.15, -0.1) is 0 Å². The Labute approximate surface area is 188 Å². The van der Waals surface area contributed by atoms with Crippen LogP contribution in [0.25, 0.3) is 11.0 Å². The van der Waals surface area contributed by atoms with Gasteiger partial charge in [0.1, 0.15) is 5.58 Å². The Morgan fingerprint density at radius 2 is 1.88 bits per heavy atom. The minimum Gasteiger partial charge on any atom is -0.801 e. The Hall–Kier alpha value is -2.99. The molecular weight excluding hydrogens is 478 g/mol. The van der Waals surface area contributed by atoms with Crippen molar-refractivity contribution in [2.24, 2.45) is 0 Å². The number of sulfonamides is 1. The van der Waals surface area contributed by atoms with Gasteiger partial charge in [-0.05, 0) is 18.2 Å². The Kier molecular flexibility index (Phi) is 5.91. The van der Waals surface area contributed by atoms with E-state index in [0.717, 1.165) is 12.3 Å². The third-order valence-corrected chi connectivity index (χ3v) is 7.50. The molecule has 9 nitrogen and oxygen atoms in total. The van der Waals surface area contributed by atoms with Crippen LogP contribution in [0.15, 0.2) is 81.7 Å². The molecular formula is C20H16ClN3O6S2. The van der Waals surface area contributed by atoms with Gasteiger partial charge in [-0.1, -0.05) is 29.8 Å². The number of benzene rings is 1. The van der Waals surface area contributed by atoms with Crippen LogP contribution >= 0.6 is 11.6 Å². The first-order valence-electron chi connectivity index (χ1n) is 9.14. The highest BCUT2D eigenvalue weighted by Crippen LogP contribution is 2.29. The maximum Gasteiger partial charge on any atom is 0.295 e. The summed E-state index contributed by atoms with van der Waals surface area (Å²) >= 11 is 5.95. The van der Waals surface area contributed by atoms with Crippen LogP contribution in [0.3, 0.4) is 0 Å². The van der Waals surface area contributed by atoms with Gasteiger partial charge in [0.15, 0.2) is 17.4 Å². The molecule has 12 heteroatoms. The van der Waals surface area contributed by atoms with Crippen LogP contribution in [-0.2, 0) is 32.3 Å². The summed E-state index contributed by atoms with van der Waals surface area (Å²) in [4.78, 5) is 3.86. The highest BCUT2D eigenvalue weighted by Gasteiger charge is 2.27. The van der Waals surface area contributed by atoms with Crippen molar-refractivity contribution in [1.82, 2.24) is 4.98 Å². The molecule has 32 heavy (non-hydrogen) atoms. The number of pyridine rings is 2. The molecule has 0 radical (unpaired) electrons. The maximum absolute atomic E-state index is 13.0. The molecule has 0 aliphatic rings. The van der Waals surface area contributed by atoms with Crippen molar-refractivity contribution in [3.05, 3.63) is 77.7 Å². The van der Waals surface area contributed by atoms with Gasteiger partial charge < -0.3 is 9.52 Å². The standard InChI is InChI=1S/C20H16ClN3O6S2/c21-16-9-17(23-32(28,29)19-8-15-5-1-2-6-18(15)30-19)20(22-10-16)31(26,27)12-14-4-3-7-24(11-14)13-25/h1-11,23H,12-13H2. The van der Waals surface area contributed by atoms with E-state index in [1.54, 1.807) is 30.3 Å². The van der Waals surface area contributed by atoms with Crippen LogP contribution in [0, 0.1) is 0 Å². The van der Waals surface area contributed by atoms with E-state index in [-0.39, 0.29) is 15.8 Å². The van der Waals surface area contributed by atoms with Gasteiger partial charge in [-0.2, -0.15) is 8.42 Å². The van der Waals surface area contributed by atoms with Crippen molar-refractivity contribution >= 4 is 48.1 Å². The zero-order chi connectivity index (χ0) is 22.9. The number of hydrogen-bond acceptors (Lipinski definition) is 7. The second-order valence-electron chi connectivity index (χ2n) is 6.83. The van der Waals surface area contributed by atoms with Crippen LogP contribution < -0.4 is 14.4 Å². The molecule has 1 N–H and O–H groups in total. The number of nitrogens with zero attached hydrogens (tertiary/aromatic N) is 2. The molecule has 0 aliphatic heterocycles. The van der Waals surface area contributed by atoms with Gasteiger partial charge in [0.2, 0.25) is 14.9 Å². The van der Waals surface area contributed by atoms with E-state index >= 15 is 0 Å². The van der Waals surface area contributed by atoms with Crippen molar-refractivity contribution in [3.63, 3.8) is 0 Å². The van der Waals surface area contributed by atoms with E-state index in [1.807, 2.05) is 0 Å². The third kappa shape index (κ3) is 4.60. The van der Waals surface area contributed by atoms with Crippen molar-refractivity contribution in [3.8, 4) is 0 Å². The third-order valence-electron chi connectivity index (χ3n) is 4.45. The second kappa shape index (κ2) is 8.51. The van der Waals surface area contributed by atoms with Crippen LogP contribution in [0.2, 0.25) is 5.02 Å². The van der Waals surface area contributed by atoms with Crippen molar-refractivity contribution in [2.75, 3.05) is 4.72 Å². The van der Waals surface area contributed by atoms with Crippen LogP contribution in [-0.4, -0.2) is 21.8 Å². The number of rotatable bonds is 7. The summed E-state index contributed by atoms with van der Waals surface area (Å²) in [7, 11) is -8.39. The van der Waals surface area contributed by atoms with E-state index in [4.69, 9.17) is 16.0 Å². The monoisotopic (exact) mass is 493 g/mol. The molecule has 0 unspecified atom stereocenters. The van der Waals surface area contributed by atoms with Gasteiger partial charge in [0, 0.05) is 29.3 Å². The summed E-state index contributed by atoms with van der Waals surface area (Å²) in [6.45, 7) is -0.574. The number of hydrogen-bond donors (Lipinski definition) is 1. The average molecular weight is 494 g/mol. The van der Waals surface area contributed by atoms with Gasteiger partial charge >= 0.3 is 0 Å². The Balaban J connectivity index is 1.71. The molecule has 4 rings (SSSR count). The number of aromatic nitrogens is 2. The summed E-state index contributed by atoms with van der Waals surface area (Å²) in [5.41, 5.74) is 0.387. The van der Waals surface area contributed by atoms with Gasteiger partial charge in [-0.3, -0.25) is 4.72 Å². The molecule has 0 saturated carbocycles. The molecule has 0 spiro atoms. The fourth-order valence-corrected chi connectivity index (χ4v) is 5.72. The largest absolute Gasteiger partial charge is 0.801 e. The predicted molar refractivity (Wildman–Crippen MR) is 114 cm³/mol. The molecule has 0 atom stereocenters. The fourth-order valence-electron chi connectivity index (χ4n) is 3.06. The lowest BCUT2D eigenvalue weighted by Gasteiger charge is -2.12. The normalized spacial score (nSPS) is 12.2. The molecule has 4 aromatic rings. The fraction of sp³-hybridized carbons (Fsp3) is 0.100. The zero-order valence-corrected chi connectivity index (χ0v) is 18.7. The van der Waals surface area contributed by atoms with E-state index in [1.165, 1.54) is 29.1 Å². The smallest absolute Gasteiger partial charge is 0.295 e. The van der Waals surface area contributed by atoms with Crippen LogP contribution in [0.5, 0.6) is 0 Å². The molecule has 0 fully saturated rings. The number of anilines is 1. The average Bonchev–Trinajstić information content (AvgIpc) is 3.18. The van der Waals surface area contributed by atoms with E-state index in [9.17, 15) is 21.9 Å². The lowest BCUT2D eigenvalue weighted by Crippen LogP contribution is -2.40. The quantitative estimate of drug-likeness (QED) is 0.388. The molecule has 3 heterocycles. The van der Waals surface area contributed by atoms with Gasteiger partial charge in [0.05, 0.1) is 23.2 Å². The van der Waals surface area contributed by atoms with Gasteiger partial charge in [0.25, 0.3) is 10.0 Å². The molecule has 0 bridgehead atoms. The molecule has 0 amide bonds. The number of furan rings is 1. The summed E-state index contributed by atoms with van der Waals surface area (Å²) in [6.07, 6.45) is 4.02. The van der Waals surface area contributed by atoms with Crippen molar-refractivity contribution in [1.29, 1.82) is 0 Å². The minimum atomic E-state index is -4.28. The maximum atomic E-state index is 13.0. The first-order valence-corrected chi connectivity index (χ1v) is 12.6. The summed E-state index contributed by atoms with van der Waals surface area (Å²) in [5.74, 6) is -0.498. The van der Waals surface area contributed by atoms with E-state index in [0.29, 0.717) is 16.5 Å². The molecule has 0 saturated heterocycles. The van der Waals surface area contributed by atoms with Gasteiger partial charge in [-0.25, -0.2) is 18.0 Å². The highest BCUT2D eigenvalue weighted by molar-refractivity contribution is 7.93. The minimum absolute atomic E-state index is 0.0372. The molecule has 166 valence electrons. The zero-order valence-electron chi connectivity index (χ0n) is 16.3. The number of fused-ring (bicyclic) bond motifs is 1. The predicted octanol–water partition coefficient (Wildman–Crippen LogP) is 1.86. The van der Waals surface area contributed by atoms with Crippen LogP contribution in [0.1, 0.15) is 5.56 Å².